The number of carbonyl (C=O) groups excluding carboxylic acids is 3. The van der Waals surface area contributed by atoms with Crippen LogP contribution in [0.4, 0.5) is 0 Å². The van der Waals surface area contributed by atoms with Crippen LogP contribution in [0.3, 0.4) is 0 Å². The van der Waals surface area contributed by atoms with Gasteiger partial charge in [0.2, 0.25) is 5.91 Å². The smallest absolute Gasteiger partial charge is 0.251 e. The number of amides is 3. The number of carbonyl (C=O) groups is 3. The van der Waals surface area contributed by atoms with Crippen molar-refractivity contribution >= 4 is 17.7 Å². The molecule has 8 heteroatoms. The molecule has 0 aliphatic heterocycles. The lowest BCUT2D eigenvalue weighted by Gasteiger charge is -2.08. The van der Waals surface area contributed by atoms with E-state index >= 15 is 0 Å². The van der Waals surface area contributed by atoms with Gasteiger partial charge in [-0.25, -0.2) is 0 Å². The van der Waals surface area contributed by atoms with Crippen molar-refractivity contribution < 1.29 is 14.4 Å². The first-order valence-corrected chi connectivity index (χ1v) is 13.8. The maximum Gasteiger partial charge on any atom is 0.251 e. The van der Waals surface area contributed by atoms with Crippen molar-refractivity contribution in [2.24, 2.45) is 11.7 Å². The van der Waals surface area contributed by atoms with Crippen molar-refractivity contribution in [1.82, 2.24) is 21.3 Å². The van der Waals surface area contributed by atoms with Crippen LogP contribution >= 0.6 is 0 Å². The minimum absolute atomic E-state index is 0.144. The van der Waals surface area contributed by atoms with Crippen LogP contribution < -0.4 is 27.0 Å². The lowest BCUT2D eigenvalue weighted by molar-refractivity contribution is -0.120. The molecule has 2 unspecified atom stereocenters. The minimum atomic E-state index is -0.423. The fraction of sp³-hybridized carbons (Fsp3) is 0.344. The molecule has 0 saturated heterocycles. The standard InChI is InChI=1S/C19H22N4O3.C13H21N/c20-9-10-21-18(25)15-7-4-8-16(11-15)19(26)23-13-17(24)22-12-14-5-2-1-3-6-14;1-4-7-9-14-13-10-12(13)11(6-3)8-5-2/h1-8,11H,9-10,12-13,20H2,(H,21,25)(H,22,24)(H,23,26);5-6,8,12-14H,2-4,7,9-10H2,1H3/b;11-8+. The Morgan fingerprint density at radius 3 is 2.27 bits per heavy atom. The Morgan fingerprint density at radius 1 is 0.950 bits per heavy atom. The first kappa shape index (κ1) is 32.2. The zero-order valence-corrected chi connectivity index (χ0v) is 23.5. The van der Waals surface area contributed by atoms with Gasteiger partial charge in [0.25, 0.3) is 11.8 Å². The second kappa shape index (κ2) is 18.3. The second-order valence-electron chi connectivity index (χ2n) is 9.43. The van der Waals surface area contributed by atoms with Gasteiger partial charge in [-0.15, -0.1) is 0 Å². The zero-order chi connectivity index (χ0) is 29.2. The van der Waals surface area contributed by atoms with Gasteiger partial charge in [-0.05, 0) is 48.7 Å². The van der Waals surface area contributed by atoms with E-state index in [1.165, 1.54) is 30.9 Å². The number of nitrogens with two attached hydrogens (primary N) is 1. The summed E-state index contributed by atoms with van der Waals surface area (Å²) in [6, 6.07) is 16.4. The van der Waals surface area contributed by atoms with Gasteiger partial charge in [0.1, 0.15) is 0 Å². The molecule has 6 N–H and O–H groups in total. The van der Waals surface area contributed by atoms with E-state index in [1.807, 2.05) is 42.5 Å². The molecular weight excluding hydrogens is 502 g/mol. The number of nitrogens with one attached hydrogen (secondary N) is 4. The largest absolute Gasteiger partial charge is 0.351 e. The molecule has 3 amide bonds. The van der Waals surface area contributed by atoms with E-state index in [1.54, 1.807) is 18.2 Å². The van der Waals surface area contributed by atoms with Gasteiger partial charge < -0.3 is 27.0 Å². The van der Waals surface area contributed by atoms with E-state index in [0.29, 0.717) is 42.7 Å². The molecule has 2 aromatic rings. The number of hydrogen-bond acceptors (Lipinski definition) is 5. The summed E-state index contributed by atoms with van der Waals surface area (Å²) in [7, 11) is 0. The van der Waals surface area contributed by atoms with Crippen molar-refractivity contribution in [2.45, 2.75) is 38.8 Å². The minimum Gasteiger partial charge on any atom is -0.351 e. The number of benzene rings is 2. The van der Waals surface area contributed by atoms with Crippen molar-refractivity contribution in [1.29, 1.82) is 0 Å². The number of allylic oxidation sites excluding steroid dienone is 3. The summed E-state index contributed by atoms with van der Waals surface area (Å²) in [6.07, 6.45) is 9.67. The molecule has 40 heavy (non-hydrogen) atoms. The fourth-order valence-electron chi connectivity index (χ4n) is 3.94. The van der Waals surface area contributed by atoms with E-state index in [0.717, 1.165) is 12.1 Å². The second-order valence-corrected chi connectivity index (χ2v) is 9.43. The highest BCUT2D eigenvalue weighted by Crippen LogP contribution is 2.37. The van der Waals surface area contributed by atoms with Crippen molar-refractivity contribution in [3.8, 4) is 0 Å². The van der Waals surface area contributed by atoms with Crippen molar-refractivity contribution in [2.75, 3.05) is 26.2 Å². The Balaban J connectivity index is 0.000000337. The molecule has 2 aromatic carbocycles. The Kier molecular flexibility index (Phi) is 14.7. The van der Waals surface area contributed by atoms with Crippen LogP contribution in [-0.2, 0) is 11.3 Å². The molecule has 0 heterocycles. The normalized spacial score (nSPS) is 15.6. The lowest BCUT2D eigenvalue weighted by atomic mass is 10.1. The lowest BCUT2D eigenvalue weighted by Crippen LogP contribution is -2.36. The number of hydrogen-bond donors (Lipinski definition) is 5. The molecule has 1 aliphatic rings. The van der Waals surface area contributed by atoms with Gasteiger partial charge in [0.05, 0.1) is 6.54 Å². The topological polar surface area (TPSA) is 125 Å². The summed E-state index contributed by atoms with van der Waals surface area (Å²) in [6.45, 7) is 11.9. The molecule has 1 aliphatic carbocycles. The van der Waals surface area contributed by atoms with Crippen molar-refractivity contribution in [3.05, 3.63) is 108 Å². The third-order valence-corrected chi connectivity index (χ3v) is 6.26. The summed E-state index contributed by atoms with van der Waals surface area (Å²) in [4.78, 5) is 35.9. The molecular formula is C32H43N5O3. The Hall–Kier alpha value is -4.01. The Labute approximate surface area is 238 Å². The molecule has 1 saturated carbocycles. The third kappa shape index (κ3) is 11.8. The fourth-order valence-corrected chi connectivity index (χ4v) is 3.94. The quantitative estimate of drug-likeness (QED) is 0.173. The van der Waals surface area contributed by atoms with Crippen molar-refractivity contribution in [3.63, 3.8) is 0 Å². The predicted molar refractivity (Wildman–Crippen MR) is 162 cm³/mol. The van der Waals surface area contributed by atoms with Gasteiger partial charge >= 0.3 is 0 Å². The van der Waals surface area contributed by atoms with E-state index < -0.39 is 5.91 Å². The monoisotopic (exact) mass is 545 g/mol. The maximum atomic E-state index is 12.2. The molecule has 0 bridgehead atoms. The Morgan fingerprint density at radius 2 is 1.65 bits per heavy atom. The highest BCUT2D eigenvalue weighted by molar-refractivity contribution is 6.00. The zero-order valence-electron chi connectivity index (χ0n) is 23.5. The van der Waals surface area contributed by atoms with Crippen LogP contribution in [0.5, 0.6) is 0 Å². The third-order valence-electron chi connectivity index (χ3n) is 6.26. The molecule has 2 atom stereocenters. The predicted octanol–water partition coefficient (Wildman–Crippen LogP) is 3.48. The summed E-state index contributed by atoms with van der Waals surface area (Å²) in [5.41, 5.74) is 8.32. The molecule has 0 aromatic heterocycles. The van der Waals surface area contributed by atoms with Crippen LogP contribution in [0.1, 0.15) is 52.5 Å². The van der Waals surface area contributed by atoms with Crippen LogP contribution in [0.25, 0.3) is 0 Å². The molecule has 214 valence electrons. The van der Waals surface area contributed by atoms with E-state index in [9.17, 15) is 14.4 Å². The average Bonchev–Trinajstić information content (AvgIpc) is 3.76. The first-order valence-electron chi connectivity index (χ1n) is 13.8. The van der Waals surface area contributed by atoms with Gasteiger partial charge in [-0.2, -0.15) is 0 Å². The van der Waals surface area contributed by atoms with E-state index in [4.69, 9.17) is 5.73 Å². The Bertz CT molecular complexity index is 1150. The van der Waals surface area contributed by atoms with E-state index in [-0.39, 0.29) is 18.4 Å². The molecule has 1 fully saturated rings. The van der Waals surface area contributed by atoms with Gasteiger partial charge in [0.15, 0.2) is 0 Å². The highest BCUT2D eigenvalue weighted by atomic mass is 16.2. The van der Waals surface area contributed by atoms with E-state index in [2.05, 4.69) is 47.4 Å². The van der Waals surface area contributed by atoms with Gasteiger partial charge in [-0.1, -0.05) is 81.1 Å². The first-order chi connectivity index (χ1) is 19.4. The van der Waals surface area contributed by atoms with Crippen LogP contribution in [0.15, 0.2) is 91.6 Å². The van der Waals surface area contributed by atoms with Gasteiger partial charge in [-0.3, -0.25) is 14.4 Å². The SMILES string of the molecule is C=C/C=C(\C=C)C1CC1NCCCC.NCCNC(=O)c1cccc(C(=O)NCC(=O)NCc2ccccc2)c1. The molecule has 0 spiro atoms. The molecule has 8 nitrogen and oxygen atoms in total. The highest BCUT2D eigenvalue weighted by Gasteiger charge is 2.37. The maximum absolute atomic E-state index is 12.2. The van der Waals surface area contributed by atoms with Crippen LogP contribution in [0.2, 0.25) is 0 Å². The van der Waals surface area contributed by atoms with Crippen LogP contribution in [0, 0.1) is 5.92 Å². The summed E-state index contributed by atoms with van der Waals surface area (Å²) in [5, 5.41) is 11.5. The number of rotatable bonds is 15. The molecule has 3 rings (SSSR count). The average molecular weight is 546 g/mol. The summed E-state index contributed by atoms with van der Waals surface area (Å²) in [5.74, 6) is -0.333. The molecule has 0 radical (unpaired) electrons. The number of unbranched alkanes of at least 4 members (excludes halogenated alkanes) is 1. The summed E-state index contributed by atoms with van der Waals surface area (Å²) < 4.78 is 0. The van der Waals surface area contributed by atoms with Crippen LogP contribution in [-0.4, -0.2) is 49.9 Å². The van der Waals surface area contributed by atoms with Gasteiger partial charge in [0, 0.05) is 42.7 Å². The summed E-state index contributed by atoms with van der Waals surface area (Å²) >= 11 is 0.